The van der Waals surface area contributed by atoms with Crippen molar-refractivity contribution in [2.75, 3.05) is 13.2 Å². The fourth-order valence-electron chi connectivity index (χ4n) is 1.70. The Morgan fingerprint density at radius 1 is 1.22 bits per heavy atom. The van der Waals surface area contributed by atoms with E-state index < -0.39 is 0 Å². The summed E-state index contributed by atoms with van der Waals surface area (Å²) in [7, 11) is 0. The molecular formula is C17H25N3O3. The zero-order valence-corrected chi connectivity index (χ0v) is 14.2. The lowest BCUT2D eigenvalue weighted by Gasteiger charge is -2.08. The number of nitrogens with one attached hydrogen (secondary N) is 2. The average Bonchev–Trinajstić information content (AvgIpc) is 2.50. The molecule has 0 unspecified atom stereocenters. The molecule has 23 heavy (non-hydrogen) atoms. The number of nitrogens with zero attached hydrogens (tertiary/aromatic N) is 1. The highest BCUT2D eigenvalue weighted by molar-refractivity contribution is 6.00. The minimum absolute atomic E-state index is 0.106. The van der Waals surface area contributed by atoms with Crippen molar-refractivity contribution in [3.63, 3.8) is 0 Å². The van der Waals surface area contributed by atoms with Gasteiger partial charge in [0.15, 0.2) is 6.61 Å². The molecule has 0 aliphatic carbocycles. The quantitative estimate of drug-likeness (QED) is 0.568. The van der Waals surface area contributed by atoms with Gasteiger partial charge in [-0.05, 0) is 31.4 Å². The van der Waals surface area contributed by atoms with Crippen LogP contribution < -0.4 is 15.5 Å². The molecule has 1 aromatic carbocycles. The molecule has 0 saturated heterocycles. The van der Waals surface area contributed by atoms with Gasteiger partial charge in [-0.1, -0.05) is 32.0 Å². The largest absolute Gasteiger partial charge is 0.483 e. The van der Waals surface area contributed by atoms with Crippen molar-refractivity contribution in [2.24, 2.45) is 11.0 Å². The third-order valence-electron chi connectivity index (χ3n) is 2.95. The fraction of sp³-hybridized carbons (Fsp3) is 0.471. The van der Waals surface area contributed by atoms with Crippen molar-refractivity contribution in [1.82, 2.24) is 10.7 Å². The van der Waals surface area contributed by atoms with E-state index in [1.54, 1.807) is 13.0 Å². The molecule has 1 rings (SSSR count). The van der Waals surface area contributed by atoms with E-state index >= 15 is 0 Å². The number of para-hydroxylation sites is 1. The van der Waals surface area contributed by atoms with Gasteiger partial charge in [0.2, 0.25) is 5.91 Å². The number of amides is 2. The molecule has 2 amide bonds. The van der Waals surface area contributed by atoms with Gasteiger partial charge in [-0.15, -0.1) is 0 Å². The highest BCUT2D eigenvalue weighted by Crippen LogP contribution is 2.15. The second-order valence-electron chi connectivity index (χ2n) is 5.81. The van der Waals surface area contributed by atoms with E-state index in [2.05, 4.69) is 15.8 Å². The van der Waals surface area contributed by atoms with Gasteiger partial charge in [0.1, 0.15) is 5.75 Å². The summed E-state index contributed by atoms with van der Waals surface area (Å²) in [5.74, 6) is 0.589. The van der Waals surface area contributed by atoms with Crippen molar-refractivity contribution in [1.29, 1.82) is 0 Å². The summed E-state index contributed by atoms with van der Waals surface area (Å²) in [5.41, 5.74) is 3.88. The summed E-state index contributed by atoms with van der Waals surface area (Å²) >= 11 is 0. The predicted octanol–water partition coefficient (Wildman–Crippen LogP) is 2.03. The van der Waals surface area contributed by atoms with Crippen molar-refractivity contribution >= 4 is 17.5 Å². The first-order chi connectivity index (χ1) is 10.9. The molecule has 0 bridgehead atoms. The molecule has 6 heteroatoms. The topological polar surface area (TPSA) is 79.8 Å². The van der Waals surface area contributed by atoms with Crippen LogP contribution in [0.2, 0.25) is 0 Å². The fourth-order valence-corrected chi connectivity index (χ4v) is 1.70. The number of aryl methyl sites for hydroxylation is 1. The molecule has 0 aromatic heterocycles. The van der Waals surface area contributed by atoms with Crippen LogP contribution in [-0.2, 0) is 9.59 Å². The SMILES string of the molecule is C/C(CC(=O)NCC(C)C)=N\NC(=O)COc1ccccc1C. The molecule has 0 aliphatic heterocycles. The molecule has 0 saturated carbocycles. The summed E-state index contributed by atoms with van der Waals surface area (Å²) in [4.78, 5) is 23.3. The summed E-state index contributed by atoms with van der Waals surface area (Å²) in [5, 5.41) is 6.70. The lowest BCUT2D eigenvalue weighted by atomic mass is 10.2. The van der Waals surface area contributed by atoms with Gasteiger partial charge in [0.05, 0.1) is 6.42 Å². The minimum Gasteiger partial charge on any atom is -0.483 e. The van der Waals surface area contributed by atoms with Gasteiger partial charge in [0, 0.05) is 12.3 Å². The zero-order valence-electron chi connectivity index (χ0n) is 14.2. The second kappa shape index (κ2) is 9.61. The van der Waals surface area contributed by atoms with Crippen LogP contribution in [0.25, 0.3) is 0 Å². The highest BCUT2D eigenvalue weighted by atomic mass is 16.5. The van der Waals surface area contributed by atoms with Crippen LogP contribution in [0.4, 0.5) is 0 Å². The summed E-state index contributed by atoms with van der Waals surface area (Å²) in [6, 6.07) is 7.46. The number of carbonyl (C=O) groups excluding carboxylic acids is 2. The van der Waals surface area contributed by atoms with Gasteiger partial charge in [-0.25, -0.2) is 5.43 Å². The maximum absolute atomic E-state index is 11.7. The molecule has 6 nitrogen and oxygen atoms in total. The Bertz CT molecular complexity index is 568. The summed E-state index contributed by atoms with van der Waals surface area (Å²) < 4.78 is 5.42. The number of hydrazone groups is 1. The Hall–Kier alpha value is -2.37. The first kappa shape index (κ1) is 18.7. The van der Waals surface area contributed by atoms with Gasteiger partial charge < -0.3 is 10.1 Å². The van der Waals surface area contributed by atoms with E-state index in [1.165, 1.54) is 0 Å². The molecule has 0 aliphatic rings. The molecule has 0 atom stereocenters. The van der Waals surface area contributed by atoms with Gasteiger partial charge in [-0.3, -0.25) is 9.59 Å². The number of benzene rings is 1. The van der Waals surface area contributed by atoms with Crippen LogP contribution in [0.15, 0.2) is 29.4 Å². The van der Waals surface area contributed by atoms with Crippen LogP contribution in [0, 0.1) is 12.8 Å². The zero-order chi connectivity index (χ0) is 17.2. The van der Waals surface area contributed by atoms with Crippen LogP contribution in [-0.4, -0.2) is 30.7 Å². The molecule has 0 radical (unpaired) electrons. The lowest BCUT2D eigenvalue weighted by molar-refractivity contribution is -0.123. The first-order valence-corrected chi connectivity index (χ1v) is 7.65. The number of ether oxygens (including phenoxy) is 1. The molecule has 126 valence electrons. The Morgan fingerprint density at radius 3 is 2.57 bits per heavy atom. The van der Waals surface area contributed by atoms with Crippen LogP contribution in [0.1, 0.15) is 32.8 Å². The van der Waals surface area contributed by atoms with E-state index in [4.69, 9.17) is 4.74 Å². The predicted molar refractivity (Wildman–Crippen MR) is 90.4 cm³/mol. The molecule has 1 aromatic rings. The van der Waals surface area contributed by atoms with E-state index in [0.29, 0.717) is 23.9 Å². The first-order valence-electron chi connectivity index (χ1n) is 7.65. The van der Waals surface area contributed by atoms with E-state index in [-0.39, 0.29) is 24.8 Å². The van der Waals surface area contributed by atoms with Crippen molar-refractivity contribution < 1.29 is 14.3 Å². The third kappa shape index (κ3) is 7.99. The smallest absolute Gasteiger partial charge is 0.277 e. The Kier molecular flexibility index (Phi) is 7.80. The van der Waals surface area contributed by atoms with Crippen molar-refractivity contribution in [2.45, 2.75) is 34.1 Å². The van der Waals surface area contributed by atoms with Crippen LogP contribution >= 0.6 is 0 Å². The Labute approximate surface area is 137 Å². The molecule has 0 heterocycles. The van der Waals surface area contributed by atoms with E-state index in [1.807, 2.05) is 39.0 Å². The molecule has 0 spiro atoms. The third-order valence-corrected chi connectivity index (χ3v) is 2.95. The van der Waals surface area contributed by atoms with Crippen LogP contribution in [0.5, 0.6) is 5.75 Å². The number of rotatable bonds is 8. The van der Waals surface area contributed by atoms with Gasteiger partial charge >= 0.3 is 0 Å². The average molecular weight is 319 g/mol. The van der Waals surface area contributed by atoms with Crippen molar-refractivity contribution in [3.05, 3.63) is 29.8 Å². The monoisotopic (exact) mass is 319 g/mol. The summed E-state index contributed by atoms with van der Waals surface area (Å²) in [6.07, 6.45) is 0.158. The summed E-state index contributed by atoms with van der Waals surface area (Å²) in [6.45, 7) is 8.15. The maximum atomic E-state index is 11.7. The highest BCUT2D eigenvalue weighted by Gasteiger charge is 2.06. The second-order valence-corrected chi connectivity index (χ2v) is 5.81. The number of hydrogen-bond donors (Lipinski definition) is 2. The van der Waals surface area contributed by atoms with Crippen LogP contribution in [0.3, 0.4) is 0 Å². The minimum atomic E-state index is -0.366. The molecular weight excluding hydrogens is 294 g/mol. The van der Waals surface area contributed by atoms with Gasteiger partial charge in [-0.2, -0.15) is 5.10 Å². The molecule has 2 N–H and O–H groups in total. The van der Waals surface area contributed by atoms with E-state index in [9.17, 15) is 9.59 Å². The standard InChI is InChI=1S/C17H25N3O3/c1-12(2)10-18-16(21)9-14(4)19-20-17(22)11-23-15-8-6-5-7-13(15)3/h5-8,12H,9-11H2,1-4H3,(H,18,21)(H,20,22)/b19-14+. The normalized spacial score (nSPS) is 11.3. The lowest BCUT2D eigenvalue weighted by Crippen LogP contribution is -2.30. The molecule has 0 fully saturated rings. The van der Waals surface area contributed by atoms with Gasteiger partial charge in [0.25, 0.3) is 5.91 Å². The number of hydrogen-bond acceptors (Lipinski definition) is 4. The van der Waals surface area contributed by atoms with Crippen molar-refractivity contribution in [3.8, 4) is 5.75 Å². The van der Waals surface area contributed by atoms with E-state index in [0.717, 1.165) is 5.56 Å². The number of carbonyl (C=O) groups is 2. The Balaban J connectivity index is 2.33. The Morgan fingerprint density at radius 2 is 1.91 bits per heavy atom. The maximum Gasteiger partial charge on any atom is 0.277 e.